The molecule has 0 atom stereocenters. The Morgan fingerprint density at radius 3 is 2.15 bits per heavy atom. The maximum atomic E-state index is 13.8. The number of rotatable bonds is 3. The molecule has 0 bridgehead atoms. The molecule has 0 saturated carbocycles. The quantitative estimate of drug-likeness (QED) is 0.824. The van der Waals surface area contributed by atoms with Crippen LogP contribution in [-0.2, 0) is 9.31 Å². The zero-order valence-electron chi connectivity index (χ0n) is 15.1. The van der Waals surface area contributed by atoms with Crippen LogP contribution in [-0.4, -0.2) is 24.2 Å². The third-order valence-electron chi connectivity index (χ3n) is 4.88. The fraction of sp³-hybridized carbons (Fsp3) is 0.316. The number of halogens is 2. The predicted molar refractivity (Wildman–Crippen MR) is 102 cm³/mol. The van der Waals surface area contributed by atoms with E-state index in [1.165, 1.54) is 18.2 Å². The average Bonchev–Trinajstić information content (AvgIpc) is 2.76. The van der Waals surface area contributed by atoms with Gasteiger partial charge in [0, 0.05) is 5.69 Å². The molecule has 1 aliphatic rings. The van der Waals surface area contributed by atoms with Crippen molar-refractivity contribution in [3.8, 4) is 0 Å². The highest BCUT2D eigenvalue weighted by Crippen LogP contribution is 2.36. The molecule has 0 aromatic heterocycles. The van der Waals surface area contributed by atoms with Crippen LogP contribution in [0, 0.1) is 5.82 Å². The predicted octanol–water partition coefficient (Wildman–Crippen LogP) is 4.03. The standard InChI is InChI=1S/C19H20BClFNO3/c1-18(2)19(3,4)26-20(25-18)12-8-10-13(11-9-12)23-17(24)16-14(21)6-5-7-15(16)22/h5-11H,1-4H3,(H,23,24). The van der Waals surface area contributed by atoms with Gasteiger partial charge in [-0.05, 0) is 57.4 Å². The maximum absolute atomic E-state index is 13.8. The van der Waals surface area contributed by atoms with E-state index in [1.54, 1.807) is 24.3 Å². The van der Waals surface area contributed by atoms with Gasteiger partial charge in [0.25, 0.3) is 5.91 Å². The van der Waals surface area contributed by atoms with Crippen molar-refractivity contribution in [1.29, 1.82) is 0 Å². The van der Waals surface area contributed by atoms with Gasteiger partial charge in [-0.25, -0.2) is 4.39 Å². The molecule has 1 N–H and O–H groups in total. The summed E-state index contributed by atoms with van der Waals surface area (Å²) in [6.07, 6.45) is 0. The number of benzene rings is 2. The Hall–Kier alpha value is -1.89. The van der Waals surface area contributed by atoms with E-state index in [0.29, 0.717) is 5.69 Å². The molecule has 4 nitrogen and oxygen atoms in total. The van der Waals surface area contributed by atoms with Crippen LogP contribution in [0.2, 0.25) is 5.02 Å². The summed E-state index contributed by atoms with van der Waals surface area (Å²) in [4.78, 5) is 12.3. The Kier molecular flexibility index (Phi) is 4.86. The van der Waals surface area contributed by atoms with E-state index in [0.717, 1.165) is 5.46 Å². The SMILES string of the molecule is CC1(C)OB(c2ccc(NC(=O)c3c(F)cccc3Cl)cc2)OC1(C)C. The van der Waals surface area contributed by atoms with Crippen LogP contribution < -0.4 is 10.8 Å². The molecule has 3 rings (SSSR count). The summed E-state index contributed by atoms with van der Waals surface area (Å²) >= 11 is 5.92. The van der Waals surface area contributed by atoms with Crippen LogP contribution in [0.1, 0.15) is 38.1 Å². The third-order valence-corrected chi connectivity index (χ3v) is 5.20. The van der Waals surface area contributed by atoms with E-state index in [-0.39, 0.29) is 10.6 Å². The van der Waals surface area contributed by atoms with Gasteiger partial charge in [0.2, 0.25) is 0 Å². The van der Waals surface area contributed by atoms with Gasteiger partial charge >= 0.3 is 7.12 Å². The van der Waals surface area contributed by atoms with Gasteiger partial charge in [0.05, 0.1) is 21.8 Å². The highest BCUT2D eigenvalue weighted by atomic mass is 35.5. The molecule has 1 aliphatic heterocycles. The highest BCUT2D eigenvalue weighted by Gasteiger charge is 2.51. The lowest BCUT2D eigenvalue weighted by Crippen LogP contribution is -2.41. The molecule has 1 fully saturated rings. The molecule has 1 heterocycles. The zero-order valence-corrected chi connectivity index (χ0v) is 15.9. The number of hydrogen-bond acceptors (Lipinski definition) is 3. The first-order chi connectivity index (χ1) is 12.1. The van der Waals surface area contributed by atoms with Crippen LogP contribution in [0.3, 0.4) is 0 Å². The van der Waals surface area contributed by atoms with Gasteiger partial charge in [-0.1, -0.05) is 29.8 Å². The lowest BCUT2D eigenvalue weighted by atomic mass is 9.79. The molecular formula is C19H20BClFNO3. The first-order valence-corrected chi connectivity index (χ1v) is 8.69. The van der Waals surface area contributed by atoms with Crippen molar-refractivity contribution in [2.24, 2.45) is 0 Å². The van der Waals surface area contributed by atoms with Crippen molar-refractivity contribution >= 4 is 35.8 Å². The monoisotopic (exact) mass is 375 g/mol. The van der Waals surface area contributed by atoms with Gasteiger partial charge in [0.1, 0.15) is 5.82 Å². The van der Waals surface area contributed by atoms with Crippen molar-refractivity contribution in [1.82, 2.24) is 0 Å². The maximum Gasteiger partial charge on any atom is 0.494 e. The minimum absolute atomic E-state index is 0.0661. The molecule has 0 aliphatic carbocycles. The Balaban J connectivity index is 1.74. The van der Waals surface area contributed by atoms with E-state index in [2.05, 4.69) is 5.32 Å². The molecule has 0 unspecified atom stereocenters. The Morgan fingerprint density at radius 2 is 1.62 bits per heavy atom. The number of amides is 1. The number of anilines is 1. The molecule has 7 heteroatoms. The van der Waals surface area contributed by atoms with Crippen LogP contribution in [0.15, 0.2) is 42.5 Å². The fourth-order valence-corrected chi connectivity index (χ4v) is 2.86. The minimum Gasteiger partial charge on any atom is -0.399 e. The van der Waals surface area contributed by atoms with Crippen LogP contribution in [0.4, 0.5) is 10.1 Å². The summed E-state index contributed by atoms with van der Waals surface area (Å²) < 4.78 is 25.8. The van der Waals surface area contributed by atoms with Crippen LogP contribution in [0.25, 0.3) is 0 Å². The van der Waals surface area contributed by atoms with E-state index in [4.69, 9.17) is 20.9 Å². The van der Waals surface area contributed by atoms with E-state index in [1.807, 2.05) is 27.7 Å². The average molecular weight is 376 g/mol. The smallest absolute Gasteiger partial charge is 0.399 e. The Labute approximate surface area is 157 Å². The Morgan fingerprint density at radius 1 is 1.04 bits per heavy atom. The normalized spacial score (nSPS) is 18.0. The largest absolute Gasteiger partial charge is 0.494 e. The molecule has 26 heavy (non-hydrogen) atoms. The second-order valence-electron chi connectivity index (χ2n) is 7.26. The number of carbonyl (C=O) groups excluding carboxylic acids is 1. The van der Waals surface area contributed by atoms with Gasteiger partial charge in [-0.2, -0.15) is 0 Å². The summed E-state index contributed by atoms with van der Waals surface area (Å²) in [6.45, 7) is 7.94. The minimum atomic E-state index is -0.663. The number of nitrogens with one attached hydrogen (secondary N) is 1. The highest BCUT2D eigenvalue weighted by molar-refractivity contribution is 6.62. The van der Waals surface area contributed by atoms with Crippen molar-refractivity contribution < 1.29 is 18.5 Å². The van der Waals surface area contributed by atoms with Gasteiger partial charge in [-0.3, -0.25) is 4.79 Å². The second-order valence-corrected chi connectivity index (χ2v) is 7.67. The van der Waals surface area contributed by atoms with Crippen LogP contribution in [0.5, 0.6) is 0 Å². The molecule has 0 spiro atoms. The number of carbonyl (C=O) groups is 1. The topological polar surface area (TPSA) is 47.6 Å². The van der Waals surface area contributed by atoms with E-state index < -0.39 is 30.0 Å². The lowest BCUT2D eigenvalue weighted by Gasteiger charge is -2.32. The van der Waals surface area contributed by atoms with E-state index in [9.17, 15) is 9.18 Å². The molecular weight excluding hydrogens is 355 g/mol. The molecule has 1 saturated heterocycles. The van der Waals surface area contributed by atoms with Crippen LogP contribution >= 0.6 is 11.6 Å². The first kappa shape index (κ1) is 18.9. The fourth-order valence-electron chi connectivity index (χ4n) is 2.61. The molecule has 1 amide bonds. The third kappa shape index (κ3) is 3.49. The van der Waals surface area contributed by atoms with E-state index >= 15 is 0 Å². The summed E-state index contributed by atoms with van der Waals surface area (Å²) in [5.74, 6) is -1.26. The lowest BCUT2D eigenvalue weighted by molar-refractivity contribution is 0.00578. The summed E-state index contributed by atoms with van der Waals surface area (Å²) in [7, 11) is -0.481. The molecule has 136 valence electrons. The summed E-state index contributed by atoms with van der Waals surface area (Å²) in [5.41, 5.74) is 0.336. The molecule has 2 aromatic rings. The van der Waals surface area contributed by atoms with Gasteiger partial charge < -0.3 is 14.6 Å². The number of hydrogen-bond donors (Lipinski definition) is 1. The molecule has 0 radical (unpaired) electrons. The zero-order chi connectivity index (χ0) is 19.1. The van der Waals surface area contributed by atoms with Gasteiger partial charge in [0.15, 0.2) is 0 Å². The van der Waals surface area contributed by atoms with Gasteiger partial charge in [-0.15, -0.1) is 0 Å². The van der Waals surface area contributed by atoms with Crippen molar-refractivity contribution in [3.63, 3.8) is 0 Å². The van der Waals surface area contributed by atoms with Crippen molar-refractivity contribution in [3.05, 3.63) is 58.9 Å². The first-order valence-electron chi connectivity index (χ1n) is 8.32. The van der Waals surface area contributed by atoms with Crippen molar-refractivity contribution in [2.75, 3.05) is 5.32 Å². The summed E-state index contributed by atoms with van der Waals surface area (Å²) in [5, 5.41) is 2.71. The molecule has 2 aromatic carbocycles. The van der Waals surface area contributed by atoms with Crippen molar-refractivity contribution in [2.45, 2.75) is 38.9 Å². The summed E-state index contributed by atoms with van der Waals surface area (Å²) in [6, 6.07) is 11.2. The second kappa shape index (κ2) is 6.69. The Bertz CT molecular complexity index is 803.